The molecule has 0 saturated heterocycles. The SMILES string of the molecule is Cc1cc(N)ccc1NCCC(=O)NC(C)(C)C. The number of benzene rings is 1. The number of hydrogen-bond donors (Lipinski definition) is 3. The molecule has 4 nitrogen and oxygen atoms in total. The highest BCUT2D eigenvalue weighted by Crippen LogP contribution is 2.17. The highest BCUT2D eigenvalue weighted by molar-refractivity contribution is 5.77. The van der Waals surface area contributed by atoms with E-state index in [0.717, 1.165) is 16.9 Å². The molecular formula is C14H23N3O. The van der Waals surface area contributed by atoms with Gasteiger partial charge in [0.1, 0.15) is 0 Å². The lowest BCUT2D eigenvalue weighted by molar-refractivity contribution is -0.122. The summed E-state index contributed by atoms with van der Waals surface area (Å²) in [6, 6.07) is 5.70. The van der Waals surface area contributed by atoms with E-state index in [1.54, 1.807) is 0 Å². The van der Waals surface area contributed by atoms with Crippen molar-refractivity contribution in [1.29, 1.82) is 0 Å². The molecule has 0 spiro atoms. The van der Waals surface area contributed by atoms with E-state index in [-0.39, 0.29) is 11.4 Å². The smallest absolute Gasteiger partial charge is 0.222 e. The molecule has 0 radical (unpaired) electrons. The van der Waals surface area contributed by atoms with E-state index >= 15 is 0 Å². The predicted octanol–water partition coefficient (Wildman–Crippen LogP) is 2.29. The maximum Gasteiger partial charge on any atom is 0.222 e. The van der Waals surface area contributed by atoms with Crippen LogP contribution in [0.2, 0.25) is 0 Å². The number of amides is 1. The van der Waals surface area contributed by atoms with E-state index in [0.29, 0.717) is 13.0 Å². The summed E-state index contributed by atoms with van der Waals surface area (Å²) in [7, 11) is 0. The normalized spacial score (nSPS) is 11.1. The lowest BCUT2D eigenvalue weighted by atomic mass is 10.1. The van der Waals surface area contributed by atoms with Crippen molar-refractivity contribution in [3.8, 4) is 0 Å². The molecular weight excluding hydrogens is 226 g/mol. The minimum atomic E-state index is -0.172. The van der Waals surface area contributed by atoms with Gasteiger partial charge in [-0.05, 0) is 51.5 Å². The second kappa shape index (κ2) is 5.76. The minimum absolute atomic E-state index is 0.0584. The summed E-state index contributed by atoms with van der Waals surface area (Å²) < 4.78 is 0. The van der Waals surface area contributed by atoms with Crippen LogP contribution in [0.4, 0.5) is 11.4 Å². The fraction of sp³-hybridized carbons (Fsp3) is 0.500. The van der Waals surface area contributed by atoms with Crippen LogP contribution in [0, 0.1) is 6.92 Å². The number of carbonyl (C=O) groups is 1. The third kappa shape index (κ3) is 5.08. The molecule has 4 heteroatoms. The first-order valence-electron chi connectivity index (χ1n) is 6.19. The van der Waals surface area contributed by atoms with Crippen LogP contribution in [0.25, 0.3) is 0 Å². The Morgan fingerprint density at radius 1 is 1.33 bits per heavy atom. The second-order valence-corrected chi connectivity index (χ2v) is 5.55. The highest BCUT2D eigenvalue weighted by atomic mass is 16.1. The Balaban J connectivity index is 2.40. The highest BCUT2D eigenvalue weighted by Gasteiger charge is 2.12. The third-order valence-electron chi connectivity index (χ3n) is 2.43. The number of aryl methyl sites for hydroxylation is 1. The number of nitrogens with two attached hydrogens (primary N) is 1. The van der Waals surface area contributed by atoms with Crippen LogP contribution in [-0.4, -0.2) is 18.0 Å². The van der Waals surface area contributed by atoms with E-state index in [1.807, 2.05) is 45.9 Å². The molecule has 0 aliphatic rings. The summed E-state index contributed by atoms with van der Waals surface area (Å²) in [6.45, 7) is 8.54. The van der Waals surface area contributed by atoms with Gasteiger partial charge in [-0.25, -0.2) is 0 Å². The Kier molecular flexibility index (Phi) is 4.59. The van der Waals surface area contributed by atoms with Crippen molar-refractivity contribution in [2.24, 2.45) is 0 Å². The molecule has 0 heterocycles. The number of rotatable bonds is 4. The fourth-order valence-electron chi connectivity index (χ4n) is 1.68. The van der Waals surface area contributed by atoms with Crippen LogP contribution >= 0.6 is 0 Å². The van der Waals surface area contributed by atoms with Crippen LogP contribution in [0.1, 0.15) is 32.8 Å². The Morgan fingerprint density at radius 3 is 2.56 bits per heavy atom. The Morgan fingerprint density at radius 2 is 2.00 bits per heavy atom. The zero-order valence-corrected chi connectivity index (χ0v) is 11.6. The maximum atomic E-state index is 11.6. The van der Waals surface area contributed by atoms with Crippen molar-refractivity contribution in [3.63, 3.8) is 0 Å². The van der Waals surface area contributed by atoms with Gasteiger partial charge in [-0.1, -0.05) is 0 Å². The molecule has 0 aliphatic carbocycles. The Hall–Kier alpha value is -1.71. The van der Waals surface area contributed by atoms with Crippen LogP contribution < -0.4 is 16.4 Å². The molecule has 0 unspecified atom stereocenters. The molecule has 100 valence electrons. The van der Waals surface area contributed by atoms with Gasteiger partial charge in [0.2, 0.25) is 5.91 Å². The molecule has 4 N–H and O–H groups in total. The van der Waals surface area contributed by atoms with Gasteiger partial charge in [-0.3, -0.25) is 4.79 Å². The molecule has 0 fully saturated rings. The van der Waals surface area contributed by atoms with Crippen molar-refractivity contribution in [2.75, 3.05) is 17.6 Å². The largest absolute Gasteiger partial charge is 0.399 e. The lowest BCUT2D eigenvalue weighted by Gasteiger charge is -2.20. The second-order valence-electron chi connectivity index (χ2n) is 5.55. The summed E-state index contributed by atoms with van der Waals surface area (Å²) in [5.74, 6) is 0.0584. The third-order valence-corrected chi connectivity index (χ3v) is 2.43. The molecule has 0 atom stereocenters. The number of nitrogens with one attached hydrogen (secondary N) is 2. The number of anilines is 2. The molecule has 0 aromatic heterocycles. The average Bonchev–Trinajstić information content (AvgIpc) is 2.18. The zero-order valence-electron chi connectivity index (χ0n) is 11.6. The Bertz CT molecular complexity index is 422. The van der Waals surface area contributed by atoms with Crippen molar-refractivity contribution in [2.45, 2.75) is 39.7 Å². The summed E-state index contributed by atoms with van der Waals surface area (Å²) in [5, 5.41) is 6.17. The van der Waals surface area contributed by atoms with Gasteiger partial charge in [0.25, 0.3) is 0 Å². The van der Waals surface area contributed by atoms with Gasteiger partial charge in [0.05, 0.1) is 0 Å². The van der Waals surface area contributed by atoms with Crippen molar-refractivity contribution >= 4 is 17.3 Å². The molecule has 0 aliphatic heterocycles. The van der Waals surface area contributed by atoms with Crippen molar-refractivity contribution < 1.29 is 4.79 Å². The van der Waals surface area contributed by atoms with E-state index in [2.05, 4.69) is 10.6 Å². The molecule has 1 aromatic carbocycles. The summed E-state index contributed by atoms with van der Waals surface area (Å²) in [5.41, 5.74) is 8.37. The molecule has 0 bridgehead atoms. The molecule has 18 heavy (non-hydrogen) atoms. The molecule has 1 amide bonds. The van der Waals surface area contributed by atoms with Crippen LogP contribution in [0.5, 0.6) is 0 Å². The van der Waals surface area contributed by atoms with Gasteiger partial charge in [0.15, 0.2) is 0 Å². The van der Waals surface area contributed by atoms with Crippen LogP contribution in [0.15, 0.2) is 18.2 Å². The summed E-state index contributed by atoms with van der Waals surface area (Å²) in [4.78, 5) is 11.6. The average molecular weight is 249 g/mol. The predicted molar refractivity (Wildman–Crippen MR) is 76.6 cm³/mol. The minimum Gasteiger partial charge on any atom is -0.399 e. The van der Waals surface area contributed by atoms with E-state index in [9.17, 15) is 4.79 Å². The van der Waals surface area contributed by atoms with Crippen molar-refractivity contribution in [1.82, 2.24) is 5.32 Å². The fourth-order valence-corrected chi connectivity index (χ4v) is 1.68. The topological polar surface area (TPSA) is 67.1 Å². The van der Waals surface area contributed by atoms with Gasteiger partial charge < -0.3 is 16.4 Å². The molecule has 1 rings (SSSR count). The zero-order chi connectivity index (χ0) is 13.8. The molecule has 1 aromatic rings. The first-order chi connectivity index (χ1) is 8.28. The number of hydrogen-bond acceptors (Lipinski definition) is 3. The van der Waals surface area contributed by atoms with Gasteiger partial charge in [-0.15, -0.1) is 0 Å². The van der Waals surface area contributed by atoms with Crippen molar-refractivity contribution in [3.05, 3.63) is 23.8 Å². The monoisotopic (exact) mass is 249 g/mol. The maximum absolute atomic E-state index is 11.6. The lowest BCUT2D eigenvalue weighted by Crippen LogP contribution is -2.41. The van der Waals surface area contributed by atoms with Crippen LogP contribution in [0.3, 0.4) is 0 Å². The first-order valence-corrected chi connectivity index (χ1v) is 6.19. The standard InChI is InChI=1S/C14H23N3O/c1-10-9-11(15)5-6-12(10)16-8-7-13(18)17-14(2,3)4/h5-6,9,16H,7-8,15H2,1-4H3,(H,17,18). The van der Waals surface area contributed by atoms with E-state index in [1.165, 1.54) is 0 Å². The summed E-state index contributed by atoms with van der Waals surface area (Å²) in [6.07, 6.45) is 0.459. The van der Waals surface area contributed by atoms with Crippen LogP contribution in [-0.2, 0) is 4.79 Å². The molecule has 0 saturated carbocycles. The Labute approximate surface area is 109 Å². The van der Waals surface area contributed by atoms with E-state index in [4.69, 9.17) is 5.73 Å². The first kappa shape index (κ1) is 14.4. The van der Waals surface area contributed by atoms with E-state index < -0.39 is 0 Å². The van der Waals surface area contributed by atoms with Gasteiger partial charge >= 0.3 is 0 Å². The number of nitrogen functional groups attached to an aromatic ring is 1. The number of carbonyl (C=O) groups excluding carboxylic acids is 1. The van der Waals surface area contributed by atoms with Gasteiger partial charge in [0, 0.05) is 29.9 Å². The van der Waals surface area contributed by atoms with Gasteiger partial charge in [-0.2, -0.15) is 0 Å². The summed E-state index contributed by atoms with van der Waals surface area (Å²) >= 11 is 0. The quantitative estimate of drug-likeness (QED) is 0.717.